The average molecular weight is 224 g/mol. The zero-order valence-electron chi connectivity index (χ0n) is 9.62. The molecule has 1 aliphatic rings. The van der Waals surface area contributed by atoms with Gasteiger partial charge in [-0.05, 0) is 61.3 Å². The summed E-state index contributed by atoms with van der Waals surface area (Å²) in [5, 5.41) is 7.81. The number of hydrogen-bond donors (Lipinski definition) is 1. The molecule has 1 fully saturated rings. The highest BCUT2D eigenvalue weighted by Crippen LogP contribution is 2.21. The normalized spacial score (nSPS) is 22.4. The zero-order valence-corrected chi connectivity index (χ0v) is 10.4. The average Bonchev–Trinajstić information content (AvgIpc) is 2.79. The summed E-state index contributed by atoms with van der Waals surface area (Å²) in [4.78, 5) is 2.58. The van der Waals surface area contributed by atoms with Gasteiger partial charge in [0.05, 0.1) is 0 Å². The van der Waals surface area contributed by atoms with Crippen LogP contribution in [0.3, 0.4) is 0 Å². The molecule has 0 aromatic carbocycles. The molecule has 0 amide bonds. The molecule has 1 N–H and O–H groups in total. The Kier molecular flexibility index (Phi) is 3.78. The standard InChI is InChI=1S/C12H20N2S/c1-10-8-15-9-12(10)7-14-4-3-11(6-14)5-13-2/h8-9,11,13H,3-7H2,1-2H3. The van der Waals surface area contributed by atoms with Crippen LogP contribution in [-0.2, 0) is 6.54 Å². The Hall–Kier alpha value is -0.380. The molecule has 0 spiro atoms. The summed E-state index contributed by atoms with van der Waals surface area (Å²) < 4.78 is 0. The smallest absolute Gasteiger partial charge is 0.0244 e. The minimum atomic E-state index is 0.856. The third-order valence-corrected chi connectivity index (χ3v) is 4.13. The van der Waals surface area contributed by atoms with Gasteiger partial charge in [-0.25, -0.2) is 0 Å². The monoisotopic (exact) mass is 224 g/mol. The zero-order chi connectivity index (χ0) is 10.7. The lowest BCUT2D eigenvalue weighted by Crippen LogP contribution is -2.24. The molecule has 0 radical (unpaired) electrons. The van der Waals surface area contributed by atoms with Crippen LogP contribution in [0.25, 0.3) is 0 Å². The van der Waals surface area contributed by atoms with E-state index in [9.17, 15) is 0 Å². The second-order valence-electron chi connectivity index (χ2n) is 4.53. The molecule has 84 valence electrons. The first-order valence-electron chi connectivity index (χ1n) is 5.68. The van der Waals surface area contributed by atoms with Crippen molar-refractivity contribution in [2.45, 2.75) is 19.9 Å². The first-order valence-corrected chi connectivity index (χ1v) is 6.62. The van der Waals surface area contributed by atoms with Crippen LogP contribution in [0.4, 0.5) is 0 Å². The Balaban J connectivity index is 1.85. The van der Waals surface area contributed by atoms with Crippen LogP contribution in [0.1, 0.15) is 17.5 Å². The predicted octanol–water partition coefficient (Wildman–Crippen LogP) is 2.10. The maximum Gasteiger partial charge on any atom is 0.0244 e. The van der Waals surface area contributed by atoms with E-state index in [0.29, 0.717) is 0 Å². The van der Waals surface area contributed by atoms with E-state index in [1.807, 2.05) is 18.4 Å². The molecule has 1 aromatic rings. The van der Waals surface area contributed by atoms with Crippen molar-refractivity contribution in [2.24, 2.45) is 5.92 Å². The number of aryl methyl sites for hydroxylation is 1. The van der Waals surface area contributed by atoms with Gasteiger partial charge in [0.15, 0.2) is 0 Å². The summed E-state index contributed by atoms with van der Waals surface area (Å²) in [6.45, 7) is 7.05. The number of hydrogen-bond acceptors (Lipinski definition) is 3. The number of nitrogens with zero attached hydrogens (tertiary/aromatic N) is 1. The van der Waals surface area contributed by atoms with Crippen molar-refractivity contribution in [1.82, 2.24) is 10.2 Å². The topological polar surface area (TPSA) is 15.3 Å². The summed E-state index contributed by atoms with van der Waals surface area (Å²) >= 11 is 1.82. The molecule has 1 unspecified atom stereocenters. The molecule has 3 heteroatoms. The minimum absolute atomic E-state index is 0.856. The van der Waals surface area contributed by atoms with E-state index >= 15 is 0 Å². The van der Waals surface area contributed by atoms with Crippen LogP contribution < -0.4 is 5.32 Å². The third-order valence-electron chi connectivity index (χ3n) is 3.22. The van der Waals surface area contributed by atoms with Crippen molar-refractivity contribution in [3.63, 3.8) is 0 Å². The summed E-state index contributed by atoms with van der Waals surface area (Å²) in [5.74, 6) is 0.856. The fraction of sp³-hybridized carbons (Fsp3) is 0.667. The Labute approximate surface area is 96.3 Å². The van der Waals surface area contributed by atoms with Crippen LogP contribution in [0, 0.1) is 12.8 Å². The second-order valence-corrected chi connectivity index (χ2v) is 5.27. The molecule has 2 heterocycles. The third kappa shape index (κ3) is 2.80. The van der Waals surface area contributed by atoms with Crippen LogP contribution >= 0.6 is 11.3 Å². The van der Waals surface area contributed by atoms with Gasteiger partial charge in [-0.15, -0.1) is 0 Å². The van der Waals surface area contributed by atoms with Gasteiger partial charge >= 0.3 is 0 Å². The fourth-order valence-corrected chi connectivity index (χ4v) is 3.15. The lowest BCUT2D eigenvalue weighted by molar-refractivity contribution is 0.315. The van der Waals surface area contributed by atoms with Gasteiger partial charge in [-0.3, -0.25) is 4.90 Å². The predicted molar refractivity (Wildman–Crippen MR) is 66.4 cm³/mol. The van der Waals surface area contributed by atoms with E-state index in [1.165, 1.54) is 37.2 Å². The van der Waals surface area contributed by atoms with Crippen LogP contribution in [0.2, 0.25) is 0 Å². The molecule has 1 saturated heterocycles. The number of thiophene rings is 1. The lowest BCUT2D eigenvalue weighted by Gasteiger charge is -2.15. The number of nitrogens with one attached hydrogen (secondary N) is 1. The Bertz CT molecular complexity index is 308. The molecule has 0 aliphatic carbocycles. The molecular formula is C12H20N2S. The minimum Gasteiger partial charge on any atom is -0.319 e. The van der Waals surface area contributed by atoms with Gasteiger partial charge in [0.25, 0.3) is 0 Å². The van der Waals surface area contributed by atoms with Gasteiger partial charge < -0.3 is 5.32 Å². The Morgan fingerprint density at radius 3 is 3.07 bits per heavy atom. The fourth-order valence-electron chi connectivity index (χ4n) is 2.30. The van der Waals surface area contributed by atoms with Crippen LogP contribution in [-0.4, -0.2) is 31.6 Å². The molecule has 2 nitrogen and oxygen atoms in total. The van der Waals surface area contributed by atoms with Crippen LogP contribution in [0.15, 0.2) is 10.8 Å². The van der Waals surface area contributed by atoms with E-state index in [1.54, 1.807) is 0 Å². The summed E-state index contributed by atoms with van der Waals surface area (Å²) in [6, 6.07) is 0. The summed E-state index contributed by atoms with van der Waals surface area (Å²) in [6.07, 6.45) is 1.35. The molecule has 0 saturated carbocycles. The summed E-state index contributed by atoms with van der Waals surface area (Å²) in [7, 11) is 2.05. The Morgan fingerprint density at radius 1 is 1.53 bits per heavy atom. The molecular weight excluding hydrogens is 204 g/mol. The molecule has 1 aliphatic heterocycles. The van der Waals surface area contributed by atoms with E-state index in [0.717, 1.165) is 12.5 Å². The highest BCUT2D eigenvalue weighted by molar-refractivity contribution is 7.08. The maximum atomic E-state index is 3.28. The SMILES string of the molecule is CNCC1CCN(Cc2cscc2C)C1. The van der Waals surface area contributed by atoms with Crippen molar-refractivity contribution in [3.05, 3.63) is 21.9 Å². The van der Waals surface area contributed by atoms with Gasteiger partial charge in [0, 0.05) is 13.1 Å². The van der Waals surface area contributed by atoms with E-state index in [4.69, 9.17) is 0 Å². The molecule has 0 bridgehead atoms. The highest BCUT2D eigenvalue weighted by atomic mass is 32.1. The van der Waals surface area contributed by atoms with E-state index in [2.05, 4.69) is 27.9 Å². The van der Waals surface area contributed by atoms with Gasteiger partial charge in [-0.2, -0.15) is 11.3 Å². The van der Waals surface area contributed by atoms with E-state index in [-0.39, 0.29) is 0 Å². The molecule has 1 atom stereocenters. The van der Waals surface area contributed by atoms with Gasteiger partial charge in [0.1, 0.15) is 0 Å². The van der Waals surface area contributed by atoms with Crippen LogP contribution in [0.5, 0.6) is 0 Å². The largest absolute Gasteiger partial charge is 0.319 e. The first-order chi connectivity index (χ1) is 7.29. The first kappa shape index (κ1) is 11.1. The molecule has 1 aromatic heterocycles. The van der Waals surface area contributed by atoms with Crippen molar-refractivity contribution in [3.8, 4) is 0 Å². The van der Waals surface area contributed by atoms with E-state index < -0.39 is 0 Å². The Morgan fingerprint density at radius 2 is 2.40 bits per heavy atom. The highest BCUT2D eigenvalue weighted by Gasteiger charge is 2.21. The van der Waals surface area contributed by atoms with Crippen molar-refractivity contribution >= 4 is 11.3 Å². The van der Waals surface area contributed by atoms with Crippen molar-refractivity contribution in [1.29, 1.82) is 0 Å². The van der Waals surface area contributed by atoms with Crippen molar-refractivity contribution in [2.75, 3.05) is 26.7 Å². The second kappa shape index (κ2) is 5.10. The lowest BCUT2D eigenvalue weighted by atomic mass is 10.1. The quantitative estimate of drug-likeness (QED) is 0.842. The van der Waals surface area contributed by atoms with Crippen molar-refractivity contribution < 1.29 is 0 Å². The van der Waals surface area contributed by atoms with Gasteiger partial charge in [0.2, 0.25) is 0 Å². The van der Waals surface area contributed by atoms with Gasteiger partial charge in [-0.1, -0.05) is 0 Å². The number of likely N-dealkylation sites (tertiary alicyclic amines) is 1. The summed E-state index contributed by atoms with van der Waals surface area (Å²) in [5.41, 5.74) is 2.97. The molecule has 2 rings (SSSR count). The number of rotatable bonds is 4. The molecule has 15 heavy (non-hydrogen) atoms. The maximum absolute atomic E-state index is 3.28.